The van der Waals surface area contributed by atoms with Crippen molar-refractivity contribution in [3.8, 4) is 17.2 Å². The van der Waals surface area contributed by atoms with Crippen LogP contribution in [0.4, 0.5) is 5.13 Å². The highest BCUT2D eigenvalue weighted by Crippen LogP contribution is 2.45. The van der Waals surface area contributed by atoms with E-state index in [1.165, 1.54) is 28.4 Å². The molecule has 180 valence electrons. The molecule has 0 aliphatic carbocycles. The first-order chi connectivity index (χ1) is 17.4. The number of hydrogen-bond donors (Lipinski definition) is 2. The van der Waals surface area contributed by atoms with Crippen LogP contribution in [-0.4, -0.2) is 40.1 Å². The number of aromatic hydroxyl groups is 1. The predicted octanol–water partition coefficient (Wildman–Crippen LogP) is 5.05. The van der Waals surface area contributed by atoms with Crippen LogP contribution >= 0.6 is 22.9 Å². The number of carbonyl (C=O) groups is 2. The molecular formula is C26H17ClN2O6S. The van der Waals surface area contributed by atoms with Crippen LogP contribution in [0.3, 0.4) is 0 Å². The van der Waals surface area contributed by atoms with Gasteiger partial charge in [-0.3, -0.25) is 14.5 Å². The van der Waals surface area contributed by atoms with Crippen molar-refractivity contribution in [1.29, 1.82) is 0 Å². The summed E-state index contributed by atoms with van der Waals surface area (Å²) in [6, 6.07) is 15.1. The van der Waals surface area contributed by atoms with Gasteiger partial charge in [0.1, 0.15) is 24.7 Å². The fourth-order valence-electron chi connectivity index (χ4n) is 4.34. The zero-order chi connectivity index (χ0) is 25.0. The Kier molecular flexibility index (Phi) is 5.31. The number of halogens is 1. The van der Waals surface area contributed by atoms with Gasteiger partial charge in [-0.1, -0.05) is 35.1 Å². The van der Waals surface area contributed by atoms with E-state index in [1.807, 2.05) is 0 Å². The largest absolute Gasteiger partial charge is 0.508 e. The molecule has 10 heteroatoms. The molecule has 6 rings (SSSR count). The fourth-order valence-corrected chi connectivity index (χ4v) is 5.61. The molecule has 2 N–H and O–H groups in total. The Hall–Kier alpha value is -4.08. The van der Waals surface area contributed by atoms with Gasteiger partial charge < -0.3 is 19.7 Å². The van der Waals surface area contributed by atoms with Crippen molar-refractivity contribution in [3.63, 3.8) is 0 Å². The number of aliphatic hydroxyl groups excluding tert-OH is 1. The first-order valence-electron chi connectivity index (χ1n) is 11.0. The number of ether oxygens (including phenoxy) is 2. The number of carbonyl (C=O) groups excluding carboxylic acids is 2. The summed E-state index contributed by atoms with van der Waals surface area (Å²) >= 11 is 7.33. The third-order valence-corrected chi connectivity index (χ3v) is 7.27. The Bertz CT molecular complexity index is 1580. The molecule has 0 saturated carbocycles. The van der Waals surface area contributed by atoms with Gasteiger partial charge in [0.25, 0.3) is 5.78 Å². The number of rotatable bonds is 3. The molecule has 36 heavy (non-hydrogen) atoms. The summed E-state index contributed by atoms with van der Waals surface area (Å²) in [6.07, 6.45) is 0. The Morgan fingerprint density at radius 2 is 1.75 bits per heavy atom. The molecule has 0 radical (unpaired) electrons. The Balaban J connectivity index is 1.54. The summed E-state index contributed by atoms with van der Waals surface area (Å²) in [5.74, 6) is -1.03. The molecule has 1 unspecified atom stereocenters. The van der Waals surface area contributed by atoms with Gasteiger partial charge in [0.2, 0.25) is 0 Å². The van der Waals surface area contributed by atoms with Crippen LogP contribution in [0.25, 0.3) is 16.0 Å². The average molecular weight is 521 g/mol. The van der Waals surface area contributed by atoms with Crippen LogP contribution in [0.1, 0.15) is 17.2 Å². The second-order valence-electron chi connectivity index (χ2n) is 8.23. The molecule has 3 heterocycles. The maximum absolute atomic E-state index is 13.4. The van der Waals surface area contributed by atoms with E-state index in [-0.39, 0.29) is 22.2 Å². The van der Waals surface area contributed by atoms with Crippen molar-refractivity contribution in [1.82, 2.24) is 4.98 Å². The molecule has 1 fully saturated rings. The minimum absolute atomic E-state index is 0.0252. The second kappa shape index (κ2) is 8.54. The van der Waals surface area contributed by atoms with Crippen LogP contribution in [0, 0.1) is 0 Å². The summed E-state index contributed by atoms with van der Waals surface area (Å²) in [5, 5.41) is 22.0. The summed E-state index contributed by atoms with van der Waals surface area (Å²) in [4.78, 5) is 32.5. The lowest BCUT2D eigenvalue weighted by Gasteiger charge is -2.23. The molecule has 1 amide bonds. The third kappa shape index (κ3) is 3.64. The molecular weight excluding hydrogens is 504 g/mol. The van der Waals surface area contributed by atoms with Crippen molar-refractivity contribution in [2.75, 3.05) is 18.1 Å². The number of aromatic nitrogens is 1. The third-order valence-electron chi connectivity index (χ3n) is 6.01. The van der Waals surface area contributed by atoms with Crippen LogP contribution in [0.5, 0.6) is 17.2 Å². The molecule has 1 aromatic heterocycles. The van der Waals surface area contributed by atoms with Gasteiger partial charge in [0.15, 0.2) is 16.6 Å². The van der Waals surface area contributed by atoms with Crippen LogP contribution in [-0.2, 0) is 9.59 Å². The first kappa shape index (κ1) is 22.4. The van der Waals surface area contributed by atoms with E-state index in [1.54, 1.807) is 48.5 Å². The van der Waals surface area contributed by atoms with Crippen molar-refractivity contribution in [2.24, 2.45) is 0 Å². The lowest BCUT2D eigenvalue weighted by molar-refractivity contribution is -0.132. The van der Waals surface area contributed by atoms with Gasteiger partial charge in [-0.25, -0.2) is 4.98 Å². The Labute approximate surface area is 213 Å². The monoisotopic (exact) mass is 520 g/mol. The number of nitrogens with zero attached hydrogens (tertiary/aromatic N) is 2. The molecule has 1 saturated heterocycles. The maximum Gasteiger partial charge on any atom is 0.301 e. The lowest BCUT2D eigenvalue weighted by atomic mass is 9.95. The van der Waals surface area contributed by atoms with E-state index in [0.29, 0.717) is 46.4 Å². The summed E-state index contributed by atoms with van der Waals surface area (Å²) < 4.78 is 11.9. The molecule has 4 aromatic rings. The zero-order valence-electron chi connectivity index (χ0n) is 18.5. The molecule has 1 atom stereocenters. The van der Waals surface area contributed by atoms with Crippen molar-refractivity contribution in [2.45, 2.75) is 6.04 Å². The van der Waals surface area contributed by atoms with Crippen molar-refractivity contribution < 1.29 is 29.3 Å². The van der Waals surface area contributed by atoms with Gasteiger partial charge >= 0.3 is 5.91 Å². The van der Waals surface area contributed by atoms with Crippen LogP contribution < -0.4 is 14.4 Å². The van der Waals surface area contributed by atoms with Crippen LogP contribution in [0.15, 0.2) is 66.2 Å². The summed E-state index contributed by atoms with van der Waals surface area (Å²) in [5.41, 5.74) is 1.35. The number of phenols is 1. The van der Waals surface area contributed by atoms with E-state index in [4.69, 9.17) is 21.1 Å². The molecule has 2 aliphatic rings. The first-order valence-corrected chi connectivity index (χ1v) is 12.2. The van der Waals surface area contributed by atoms with Gasteiger partial charge in [-0.2, -0.15) is 0 Å². The Morgan fingerprint density at radius 1 is 1.00 bits per heavy atom. The molecule has 0 bridgehead atoms. The smallest absolute Gasteiger partial charge is 0.301 e. The minimum Gasteiger partial charge on any atom is -0.508 e. The second-order valence-corrected chi connectivity index (χ2v) is 9.67. The number of amides is 1. The number of ketones is 1. The number of fused-ring (bicyclic) bond motifs is 2. The minimum atomic E-state index is -0.977. The highest BCUT2D eigenvalue weighted by molar-refractivity contribution is 7.22. The van der Waals surface area contributed by atoms with Gasteiger partial charge in [0, 0.05) is 10.6 Å². The van der Waals surface area contributed by atoms with Crippen LogP contribution in [0.2, 0.25) is 5.02 Å². The maximum atomic E-state index is 13.4. The number of phenolic OH excluding ortho intramolecular Hbond substituents is 1. The highest BCUT2D eigenvalue weighted by atomic mass is 35.5. The highest BCUT2D eigenvalue weighted by Gasteiger charge is 2.48. The van der Waals surface area contributed by atoms with E-state index < -0.39 is 17.7 Å². The van der Waals surface area contributed by atoms with E-state index >= 15 is 0 Å². The molecule has 0 spiro atoms. The van der Waals surface area contributed by atoms with Crippen molar-refractivity contribution >= 4 is 55.7 Å². The standard InChI is InChI=1S/C26H17ClN2O6S/c27-15-4-7-17-20(12-15)36-26(28-17)29-22(13-1-5-16(30)6-2-13)21(24(32)25(29)33)23(31)14-3-8-18-19(11-14)35-10-9-34-18/h1-8,11-12,22,30-31H,9-10H2. The molecule has 8 nitrogen and oxygen atoms in total. The van der Waals surface area contributed by atoms with Crippen molar-refractivity contribution in [3.05, 3.63) is 82.4 Å². The summed E-state index contributed by atoms with van der Waals surface area (Å²) in [6.45, 7) is 0.772. The number of hydrogen-bond acceptors (Lipinski definition) is 8. The van der Waals surface area contributed by atoms with Gasteiger partial charge in [-0.15, -0.1) is 0 Å². The Morgan fingerprint density at radius 3 is 2.53 bits per heavy atom. The zero-order valence-corrected chi connectivity index (χ0v) is 20.0. The van der Waals surface area contributed by atoms with E-state index in [2.05, 4.69) is 4.98 Å². The summed E-state index contributed by atoms with van der Waals surface area (Å²) in [7, 11) is 0. The molecule has 3 aromatic carbocycles. The van der Waals surface area contributed by atoms with Gasteiger partial charge in [0.05, 0.1) is 21.8 Å². The number of benzene rings is 3. The number of anilines is 1. The SMILES string of the molecule is O=C1C(=O)N(c2nc3ccc(Cl)cc3s2)C(c2ccc(O)cc2)C1=C(O)c1ccc2c(c1)OCCO2. The number of thiazole rings is 1. The van der Waals surface area contributed by atoms with E-state index in [0.717, 1.165) is 4.70 Å². The van der Waals surface area contributed by atoms with Gasteiger partial charge in [-0.05, 0) is 54.1 Å². The normalized spacial score (nSPS) is 18.7. The van der Waals surface area contributed by atoms with E-state index in [9.17, 15) is 19.8 Å². The molecule has 2 aliphatic heterocycles. The quantitative estimate of drug-likeness (QED) is 0.221. The predicted molar refractivity (Wildman–Crippen MR) is 135 cm³/mol. The lowest BCUT2D eigenvalue weighted by Crippen LogP contribution is -2.29. The fraction of sp³-hybridized carbons (Fsp3) is 0.115. The average Bonchev–Trinajstić information content (AvgIpc) is 3.41. The topological polar surface area (TPSA) is 109 Å². The number of aliphatic hydroxyl groups is 1. The number of Topliss-reactive ketones (excluding diaryl/α,β-unsaturated/α-hetero) is 1.